The van der Waals surface area contributed by atoms with E-state index in [0.29, 0.717) is 22.8 Å². The first-order valence-corrected chi connectivity index (χ1v) is 4.77. The van der Waals surface area contributed by atoms with Crippen molar-refractivity contribution in [1.29, 1.82) is 0 Å². The van der Waals surface area contributed by atoms with Gasteiger partial charge < -0.3 is 10.3 Å². The number of amides is 1. The molecule has 2 aromatic heterocycles. The highest BCUT2D eigenvalue weighted by Crippen LogP contribution is 2.15. The lowest BCUT2D eigenvalue weighted by Gasteiger charge is -2.01. The number of aromatic amines is 1. The molecule has 2 N–H and O–H groups in total. The molecule has 0 radical (unpaired) electrons. The lowest BCUT2D eigenvalue weighted by molar-refractivity contribution is -0.113. The fraction of sp³-hybridized carbons (Fsp3) is 0.250. The highest BCUT2D eigenvalue weighted by molar-refractivity contribution is 6.29. The van der Waals surface area contributed by atoms with E-state index < -0.39 is 0 Å². The molecule has 0 unspecified atom stereocenters. The van der Waals surface area contributed by atoms with Crippen LogP contribution < -0.4 is 5.32 Å². The second-order valence-corrected chi connectivity index (χ2v) is 3.19. The van der Waals surface area contributed by atoms with Crippen molar-refractivity contribution in [2.75, 3.05) is 11.2 Å². The van der Waals surface area contributed by atoms with Crippen LogP contribution in [0.25, 0.3) is 11.2 Å². The minimum Gasteiger partial charge on any atom is -0.338 e. The third kappa shape index (κ3) is 1.89. The maximum atomic E-state index is 11.1. The number of hydrogen-bond acceptors (Lipinski definition) is 4. The Labute approximate surface area is 90.1 Å². The number of alkyl halides is 1. The van der Waals surface area contributed by atoms with Crippen LogP contribution >= 0.6 is 11.6 Å². The quantitative estimate of drug-likeness (QED) is 0.742. The van der Waals surface area contributed by atoms with Gasteiger partial charge in [0, 0.05) is 0 Å². The number of carbonyl (C=O) groups excluding carboxylic acids is 1. The van der Waals surface area contributed by atoms with E-state index in [1.54, 1.807) is 6.92 Å². The summed E-state index contributed by atoms with van der Waals surface area (Å²) in [5.74, 6) is 0.681. The van der Waals surface area contributed by atoms with Gasteiger partial charge >= 0.3 is 0 Å². The highest BCUT2D eigenvalue weighted by atomic mass is 35.5. The van der Waals surface area contributed by atoms with E-state index in [-0.39, 0.29) is 11.8 Å². The van der Waals surface area contributed by atoms with E-state index in [0.717, 1.165) is 0 Å². The summed E-state index contributed by atoms with van der Waals surface area (Å²) in [6.07, 6.45) is 1.34. The van der Waals surface area contributed by atoms with Crippen LogP contribution in [-0.4, -0.2) is 31.7 Å². The first kappa shape index (κ1) is 9.85. The summed E-state index contributed by atoms with van der Waals surface area (Å²) in [6.45, 7) is 1.80. The Bertz CT molecular complexity index is 509. The van der Waals surface area contributed by atoms with Gasteiger partial charge in [0.1, 0.15) is 23.5 Å². The molecule has 0 fully saturated rings. The zero-order valence-electron chi connectivity index (χ0n) is 7.91. The van der Waals surface area contributed by atoms with Gasteiger partial charge in [-0.05, 0) is 6.92 Å². The monoisotopic (exact) mass is 225 g/mol. The van der Waals surface area contributed by atoms with Crippen LogP contribution in [0.3, 0.4) is 0 Å². The fourth-order valence-electron chi connectivity index (χ4n) is 1.20. The largest absolute Gasteiger partial charge is 0.338 e. The number of halogens is 1. The van der Waals surface area contributed by atoms with E-state index in [2.05, 4.69) is 25.3 Å². The molecule has 2 aromatic rings. The summed E-state index contributed by atoms with van der Waals surface area (Å²) in [7, 11) is 0. The number of nitrogens with one attached hydrogen (secondary N) is 2. The molecule has 78 valence electrons. The number of nitrogens with zero attached hydrogens (tertiary/aromatic N) is 3. The highest BCUT2D eigenvalue weighted by Gasteiger charge is 2.09. The van der Waals surface area contributed by atoms with Crippen molar-refractivity contribution in [2.45, 2.75) is 6.92 Å². The van der Waals surface area contributed by atoms with Crippen molar-refractivity contribution in [3.05, 3.63) is 12.2 Å². The minimum absolute atomic E-state index is 0.112. The van der Waals surface area contributed by atoms with Gasteiger partial charge in [0.2, 0.25) is 5.91 Å². The Kier molecular flexibility index (Phi) is 2.51. The summed E-state index contributed by atoms with van der Waals surface area (Å²) in [4.78, 5) is 26.1. The predicted molar refractivity (Wildman–Crippen MR) is 55.8 cm³/mol. The summed E-state index contributed by atoms with van der Waals surface area (Å²) < 4.78 is 0. The van der Waals surface area contributed by atoms with E-state index >= 15 is 0 Å². The number of anilines is 1. The van der Waals surface area contributed by atoms with Gasteiger partial charge in [-0.3, -0.25) is 4.79 Å². The van der Waals surface area contributed by atoms with Crippen molar-refractivity contribution in [3.63, 3.8) is 0 Å². The molecule has 0 aliphatic rings. The lowest BCUT2D eigenvalue weighted by atomic mass is 10.5. The van der Waals surface area contributed by atoms with E-state index in [9.17, 15) is 4.79 Å². The number of hydrogen-bond donors (Lipinski definition) is 2. The molecule has 7 heteroatoms. The molecule has 2 heterocycles. The average Bonchev–Trinajstić information content (AvgIpc) is 2.59. The topological polar surface area (TPSA) is 83.6 Å². The Morgan fingerprint density at radius 2 is 2.40 bits per heavy atom. The first-order valence-electron chi connectivity index (χ1n) is 4.24. The number of carbonyl (C=O) groups is 1. The van der Waals surface area contributed by atoms with Gasteiger partial charge in [-0.25, -0.2) is 15.0 Å². The fourth-order valence-corrected chi connectivity index (χ4v) is 1.27. The van der Waals surface area contributed by atoms with Crippen LogP contribution in [0.4, 0.5) is 5.82 Å². The molecule has 6 nitrogen and oxygen atoms in total. The predicted octanol–water partition coefficient (Wildman–Crippen LogP) is 0.839. The number of rotatable bonds is 2. The van der Waals surface area contributed by atoms with Crippen molar-refractivity contribution in [3.8, 4) is 0 Å². The van der Waals surface area contributed by atoms with Gasteiger partial charge in [0.15, 0.2) is 11.5 Å². The first-order chi connectivity index (χ1) is 7.20. The summed E-state index contributed by atoms with van der Waals surface area (Å²) in [5.41, 5.74) is 1.13. The normalized spacial score (nSPS) is 10.5. The standard InChI is InChI=1S/C8H8ClN5O/c1-4-12-6-7(13-4)10-3-11-8(6)14-5(15)2-9/h3H,2H2,1H3,(H2,10,11,12,13,14,15). The summed E-state index contributed by atoms with van der Waals surface area (Å²) in [5, 5.41) is 2.55. The van der Waals surface area contributed by atoms with E-state index in [1.165, 1.54) is 6.33 Å². The zero-order chi connectivity index (χ0) is 10.8. The molecule has 0 bridgehead atoms. The summed E-state index contributed by atoms with van der Waals surface area (Å²) >= 11 is 5.38. The molecule has 0 atom stereocenters. The lowest BCUT2D eigenvalue weighted by Crippen LogP contribution is -2.14. The third-order valence-corrected chi connectivity index (χ3v) is 2.03. The average molecular weight is 226 g/mol. The number of imidazole rings is 1. The molecule has 0 aromatic carbocycles. The Hall–Kier alpha value is -1.69. The van der Waals surface area contributed by atoms with Gasteiger partial charge in [0.25, 0.3) is 0 Å². The van der Waals surface area contributed by atoms with Crippen LogP contribution in [0, 0.1) is 6.92 Å². The van der Waals surface area contributed by atoms with Crippen molar-refractivity contribution >= 4 is 34.5 Å². The maximum absolute atomic E-state index is 11.1. The minimum atomic E-state index is -0.316. The number of fused-ring (bicyclic) bond motifs is 1. The van der Waals surface area contributed by atoms with Crippen LogP contribution in [-0.2, 0) is 4.79 Å². The molecule has 0 aliphatic heterocycles. The van der Waals surface area contributed by atoms with Gasteiger partial charge in [-0.2, -0.15) is 0 Å². The number of H-pyrrole nitrogens is 1. The maximum Gasteiger partial charge on any atom is 0.240 e. The second kappa shape index (κ2) is 3.82. The molecular weight excluding hydrogens is 218 g/mol. The zero-order valence-corrected chi connectivity index (χ0v) is 8.67. The number of aryl methyl sites for hydroxylation is 1. The van der Waals surface area contributed by atoms with Crippen LogP contribution in [0.2, 0.25) is 0 Å². The van der Waals surface area contributed by atoms with Crippen molar-refractivity contribution < 1.29 is 4.79 Å². The molecule has 0 saturated carbocycles. The van der Waals surface area contributed by atoms with Crippen LogP contribution in [0.1, 0.15) is 5.82 Å². The molecular formula is C8H8ClN5O. The van der Waals surface area contributed by atoms with Gasteiger partial charge in [-0.15, -0.1) is 11.6 Å². The molecule has 0 aliphatic carbocycles. The summed E-state index contributed by atoms with van der Waals surface area (Å²) in [6, 6.07) is 0. The van der Waals surface area contributed by atoms with Crippen LogP contribution in [0.15, 0.2) is 6.33 Å². The molecule has 0 saturated heterocycles. The van der Waals surface area contributed by atoms with E-state index in [1.807, 2.05) is 0 Å². The molecule has 0 spiro atoms. The Morgan fingerprint density at radius 1 is 1.60 bits per heavy atom. The Balaban J connectivity index is 2.46. The Morgan fingerprint density at radius 3 is 3.13 bits per heavy atom. The van der Waals surface area contributed by atoms with Gasteiger partial charge in [-0.1, -0.05) is 0 Å². The number of aromatic nitrogens is 4. The van der Waals surface area contributed by atoms with Crippen LogP contribution in [0.5, 0.6) is 0 Å². The third-order valence-electron chi connectivity index (χ3n) is 1.79. The SMILES string of the molecule is Cc1nc2ncnc(NC(=O)CCl)c2[nH]1. The smallest absolute Gasteiger partial charge is 0.240 e. The van der Waals surface area contributed by atoms with Gasteiger partial charge in [0.05, 0.1) is 0 Å². The molecule has 2 rings (SSSR count). The van der Waals surface area contributed by atoms with Crippen molar-refractivity contribution in [2.24, 2.45) is 0 Å². The van der Waals surface area contributed by atoms with Crippen molar-refractivity contribution in [1.82, 2.24) is 19.9 Å². The second-order valence-electron chi connectivity index (χ2n) is 2.92. The van der Waals surface area contributed by atoms with E-state index in [4.69, 9.17) is 11.6 Å². The molecule has 1 amide bonds. The molecule has 15 heavy (non-hydrogen) atoms.